The van der Waals surface area contributed by atoms with E-state index in [1.807, 2.05) is 0 Å². The largest absolute Gasteiger partial charge is 0.0651 e. The lowest BCUT2D eigenvalue weighted by Crippen LogP contribution is -2.14. The Bertz CT molecular complexity index is 248. The lowest BCUT2D eigenvalue weighted by molar-refractivity contribution is 0.357. The fourth-order valence-electron chi connectivity index (χ4n) is 2.20. The highest BCUT2D eigenvalue weighted by atomic mass is 14.3. The molecule has 0 aliphatic heterocycles. The van der Waals surface area contributed by atoms with Gasteiger partial charge in [-0.15, -0.1) is 0 Å². The molecule has 0 aromatic carbocycles. The minimum atomic E-state index is 0.919. The molecule has 70 valence electrons. The van der Waals surface area contributed by atoms with Crippen LogP contribution in [0, 0.1) is 5.92 Å². The van der Waals surface area contributed by atoms with E-state index in [-0.39, 0.29) is 0 Å². The monoisotopic (exact) mass is 174 g/mol. The quantitative estimate of drug-likeness (QED) is 0.606. The molecule has 0 spiro atoms. The zero-order valence-electron chi connectivity index (χ0n) is 8.42. The van der Waals surface area contributed by atoms with Crippen molar-refractivity contribution in [2.75, 3.05) is 0 Å². The molecule has 0 aromatic rings. The first-order chi connectivity index (χ1) is 6.42. The molecule has 2 aliphatic carbocycles. The van der Waals surface area contributed by atoms with E-state index < -0.39 is 0 Å². The van der Waals surface area contributed by atoms with Gasteiger partial charge >= 0.3 is 0 Å². The van der Waals surface area contributed by atoms with Gasteiger partial charge in [-0.1, -0.05) is 49.6 Å². The molecule has 0 nitrogen and oxygen atoms in total. The van der Waals surface area contributed by atoms with Gasteiger partial charge in [0.15, 0.2) is 0 Å². The summed E-state index contributed by atoms with van der Waals surface area (Å²) in [5.41, 5.74) is 3.23. The van der Waals surface area contributed by atoms with E-state index in [1.54, 1.807) is 5.57 Å². The molecule has 1 fully saturated rings. The van der Waals surface area contributed by atoms with Crippen LogP contribution in [0.2, 0.25) is 0 Å². The topological polar surface area (TPSA) is 0 Å². The molecule has 2 rings (SSSR count). The summed E-state index contributed by atoms with van der Waals surface area (Å²) in [6, 6.07) is 0. The van der Waals surface area contributed by atoms with Crippen LogP contribution in [0.15, 0.2) is 35.5 Å². The predicted molar refractivity (Wildman–Crippen MR) is 57.6 cm³/mol. The number of hydrogen-bond donors (Lipinski definition) is 0. The van der Waals surface area contributed by atoms with Gasteiger partial charge in [-0.25, -0.2) is 0 Å². The first kappa shape index (κ1) is 8.80. The maximum Gasteiger partial charge on any atom is -0.0194 e. The summed E-state index contributed by atoms with van der Waals surface area (Å²) >= 11 is 0. The molecule has 0 heteroatoms. The maximum absolute atomic E-state index is 2.28. The van der Waals surface area contributed by atoms with Crippen LogP contribution >= 0.6 is 0 Å². The van der Waals surface area contributed by atoms with E-state index in [4.69, 9.17) is 0 Å². The normalized spacial score (nSPS) is 20.8. The van der Waals surface area contributed by atoms with Crippen LogP contribution in [0.4, 0.5) is 0 Å². The number of hydrogen-bond acceptors (Lipinski definition) is 0. The minimum absolute atomic E-state index is 0.919. The molecule has 0 heterocycles. The molecular formula is C13H18. The van der Waals surface area contributed by atoms with Gasteiger partial charge in [0, 0.05) is 0 Å². The van der Waals surface area contributed by atoms with Crippen molar-refractivity contribution in [1.29, 1.82) is 0 Å². The van der Waals surface area contributed by atoms with Crippen LogP contribution in [0.25, 0.3) is 0 Å². The summed E-state index contributed by atoms with van der Waals surface area (Å²) in [4.78, 5) is 0. The van der Waals surface area contributed by atoms with Crippen LogP contribution in [0.5, 0.6) is 0 Å². The molecule has 0 amide bonds. The Morgan fingerprint density at radius 2 is 2.00 bits per heavy atom. The van der Waals surface area contributed by atoms with E-state index in [9.17, 15) is 0 Å². The highest BCUT2D eigenvalue weighted by Gasteiger charge is 2.22. The van der Waals surface area contributed by atoms with Crippen molar-refractivity contribution >= 4 is 0 Å². The third-order valence-corrected chi connectivity index (χ3v) is 3.15. The second kappa shape index (κ2) is 3.95. The molecule has 1 saturated carbocycles. The second-order valence-electron chi connectivity index (χ2n) is 4.08. The Morgan fingerprint density at radius 3 is 2.46 bits per heavy atom. The maximum atomic E-state index is 2.28. The average molecular weight is 174 g/mol. The molecule has 0 bridgehead atoms. The fourth-order valence-corrected chi connectivity index (χ4v) is 2.20. The van der Waals surface area contributed by atoms with Gasteiger partial charge in [0.1, 0.15) is 0 Å². The van der Waals surface area contributed by atoms with Crippen molar-refractivity contribution in [3.8, 4) is 0 Å². The summed E-state index contributed by atoms with van der Waals surface area (Å²) in [6.07, 6.45) is 15.7. The summed E-state index contributed by atoms with van der Waals surface area (Å²) in [7, 11) is 0. The van der Waals surface area contributed by atoms with Gasteiger partial charge in [-0.05, 0) is 30.8 Å². The Balaban J connectivity index is 2.16. The Labute approximate surface area is 81.0 Å². The standard InChI is InChI=1S/C13H18/c1-2-6-13(12-9-5-10-12)11-7-3-4-8-11/h3-4,7-8,12H,2,5-6,9-10H2,1H3. The molecule has 0 radical (unpaired) electrons. The Hall–Kier alpha value is -0.780. The highest BCUT2D eigenvalue weighted by Crippen LogP contribution is 2.38. The Morgan fingerprint density at radius 1 is 1.31 bits per heavy atom. The zero-order valence-corrected chi connectivity index (χ0v) is 8.42. The molecule has 2 aliphatic rings. The number of rotatable bonds is 3. The summed E-state index contributed by atoms with van der Waals surface area (Å²) < 4.78 is 0. The van der Waals surface area contributed by atoms with Crippen LogP contribution < -0.4 is 0 Å². The summed E-state index contributed by atoms with van der Waals surface area (Å²) in [5, 5.41) is 0. The molecule has 0 N–H and O–H groups in total. The highest BCUT2D eigenvalue weighted by molar-refractivity contribution is 5.44. The van der Waals surface area contributed by atoms with E-state index in [0.29, 0.717) is 0 Å². The van der Waals surface area contributed by atoms with Crippen molar-refractivity contribution in [2.45, 2.75) is 39.0 Å². The zero-order chi connectivity index (χ0) is 9.10. The van der Waals surface area contributed by atoms with Gasteiger partial charge in [0.2, 0.25) is 0 Å². The van der Waals surface area contributed by atoms with Crippen molar-refractivity contribution in [3.05, 3.63) is 35.5 Å². The molecule has 0 atom stereocenters. The van der Waals surface area contributed by atoms with E-state index in [2.05, 4.69) is 31.2 Å². The van der Waals surface area contributed by atoms with E-state index in [1.165, 1.54) is 37.7 Å². The van der Waals surface area contributed by atoms with Gasteiger partial charge in [0.25, 0.3) is 0 Å². The van der Waals surface area contributed by atoms with E-state index >= 15 is 0 Å². The van der Waals surface area contributed by atoms with Gasteiger partial charge in [-0.2, -0.15) is 0 Å². The van der Waals surface area contributed by atoms with Gasteiger partial charge < -0.3 is 0 Å². The van der Waals surface area contributed by atoms with Gasteiger partial charge in [-0.3, -0.25) is 0 Å². The summed E-state index contributed by atoms with van der Waals surface area (Å²) in [6.45, 7) is 2.28. The van der Waals surface area contributed by atoms with Crippen molar-refractivity contribution < 1.29 is 0 Å². The minimum Gasteiger partial charge on any atom is -0.0651 e. The van der Waals surface area contributed by atoms with Crippen molar-refractivity contribution in [2.24, 2.45) is 5.92 Å². The third kappa shape index (κ3) is 1.77. The molecular weight excluding hydrogens is 156 g/mol. The first-order valence-corrected chi connectivity index (χ1v) is 5.49. The fraction of sp³-hybridized carbons (Fsp3) is 0.538. The number of allylic oxidation sites excluding steroid dienone is 6. The second-order valence-corrected chi connectivity index (χ2v) is 4.08. The van der Waals surface area contributed by atoms with E-state index in [0.717, 1.165) is 5.92 Å². The lowest BCUT2D eigenvalue weighted by Gasteiger charge is -2.29. The third-order valence-electron chi connectivity index (χ3n) is 3.15. The van der Waals surface area contributed by atoms with Crippen molar-refractivity contribution in [1.82, 2.24) is 0 Å². The molecule has 13 heavy (non-hydrogen) atoms. The predicted octanol–water partition coefficient (Wildman–Crippen LogP) is 4.01. The Kier molecular flexibility index (Phi) is 2.68. The molecule has 0 aromatic heterocycles. The average Bonchev–Trinajstić information content (AvgIpc) is 2.51. The smallest absolute Gasteiger partial charge is 0.0194 e. The van der Waals surface area contributed by atoms with Crippen LogP contribution in [-0.4, -0.2) is 0 Å². The molecule has 0 unspecified atom stereocenters. The van der Waals surface area contributed by atoms with Crippen LogP contribution in [-0.2, 0) is 0 Å². The van der Waals surface area contributed by atoms with Crippen LogP contribution in [0.1, 0.15) is 39.0 Å². The SMILES string of the molecule is CCCC(=C1C=CC=C1)C1CCC1. The first-order valence-electron chi connectivity index (χ1n) is 5.49. The van der Waals surface area contributed by atoms with Gasteiger partial charge in [0.05, 0.1) is 0 Å². The molecule has 0 saturated heterocycles. The lowest BCUT2D eigenvalue weighted by atomic mass is 9.76. The van der Waals surface area contributed by atoms with Crippen molar-refractivity contribution in [3.63, 3.8) is 0 Å². The summed E-state index contributed by atoms with van der Waals surface area (Å²) in [5.74, 6) is 0.919. The van der Waals surface area contributed by atoms with Crippen LogP contribution in [0.3, 0.4) is 0 Å².